The molecule has 0 atom stereocenters. The molecule has 2 N–H and O–H groups in total. The molecule has 0 spiro atoms. The van der Waals surface area contributed by atoms with Crippen LogP contribution in [0.5, 0.6) is 0 Å². The van der Waals surface area contributed by atoms with Crippen LogP contribution < -0.4 is 5.73 Å². The zero-order chi connectivity index (χ0) is 13.3. The maximum absolute atomic E-state index is 12.9. The minimum Gasteiger partial charge on any atom is -0.325 e. The van der Waals surface area contributed by atoms with Crippen molar-refractivity contribution in [1.29, 1.82) is 0 Å². The zero-order valence-electron chi connectivity index (χ0n) is 8.95. The Hall–Kier alpha value is -1.60. The largest absolute Gasteiger partial charge is 0.418 e. The van der Waals surface area contributed by atoms with Gasteiger partial charge in [0.15, 0.2) is 0 Å². The van der Waals surface area contributed by atoms with Gasteiger partial charge in [-0.2, -0.15) is 13.2 Å². The topological polar surface area (TPSA) is 56.7 Å². The first-order valence-electron chi connectivity index (χ1n) is 4.90. The first-order chi connectivity index (χ1) is 8.41. The molecule has 0 bridgehead atoms. The third kappa shape index (κ3) is 2.46. The number of halogens is 4. The van der Waals surface area contributed by atoms with E-state index in [1.807, 2.05) is 0 Å². The Morgan fingerprint density at radius 3 is 2.61 bits per heavy atom. The summed E-state index contributed by atoms with van der Waals surface area (Å²) in [6.07, 6.45) is -3.17. The summed E-state index contributed by atoms with van der Waals surface area (Å²) in [6, 6.07) is 3.44. The highest BCUT2D eigenvalue weighted by atomic mass is 35.5. The average molecular weight is 277 g/mol. The monoisotopic (exact) mass is 276 g/mol. The van der Waals surface area contributed by atoms with Crippen LogP contribution in [0.2, 0.25) is 5.02 Å². The van der Waals surface area contributed by atoms with Gasteiger partial charge in [-0.05, 0) is 18.2 Å². The zero-order valence-corrected chi connectivity index (χ0v) is 9.70. The molecule has 0 unspecified atom stereocenters. The lowest BCUT2D eigenvalue weighted by molar-refractivity contribution is -0.137. The molecule has 1 aromatic carbocycles. The Bertz CT molecular complexity index is 564. The number of hydrogen-bond acceptors (Lipinski definition) is 3. The fourth-order valence-corrected chi connectivity index (χ4v) is 1.62. The first kappa shape index (κ1) is 12.8. The fraction of sp³-hybridized carbons (Fsp3) is 0.200. The third-order valence-electron chi connectivity index (χ3n) is 2.26. The molecule has 0 saturated carbocycles. The summed E-state index contributed by atoms with van der Waals surface area (Å²) in [5.41, 5.74) is 4.72. The standard InChI is InChI=1S/C10H8ClF3N4/c11-6-1-2-9(8(3-6)10(12,13)14)18-5-7(4-15)16-17-18/h1-3,5H,4,15H2. The van der Waals surface area contributed by atoms with Crippen molar-refractivity contribution in [1.82, 2.24) is 15.0 Å². The Balaban J connectivity index is 2.56. The van der Waals surface area contributed by atoms with Gasteiger partial charge in [0.2, 0.25) is 0 Å². The number of alkyl halides is 3. The van der Waals surface area contributed by atoms with Crippen LogP contribution in [0, 0.1) is 0 Å². The number of benzene rings is 1. The number of aromatic nitrogens is 3. The van der Waals surface area contributed by atoms with Crippen molar-refractivity contribution in [2.45, 2.75) is 12.7 Å². The molecule has 1 aromatic heterocycles. The van der Waals surface area contributed by atoms with Crippen LogP contribution in [0.3, 0.4) is 0 Å². The Labute approximate surface area is 105 Å². The van der Waals surface area contributed by atoms with Gasteiger partial charge >= 0.3 is 6.18 Å². The van der Waals surface area contributed by atoms with Crippen LogP contribution in [-0.2, 0) is 12.7 Å². The summed E-state index contributed by atoms with van der Waals surface area (Å²) in [5.74, 6) is 0. The number of rotatable bonds is 2. The van der Waals surface area contributed by atoms with E-state index in [0.717, 1.165) is 10.7 Å². The van der Waals surface area contributed by atoms with Crippen molar-refractivity contribution in [3.8, 4) is 5.69 Å². The molecule has 8 heteroatoms. The van der Waals surface area contributed by atoms with Gasteiger partial charge in [-0.3, -0.25) is 0 Å². The first-order valence-corrected chi connectivity index (χ1v) is 5.28. The lowest BCUT2D eigenvalue weighted by Gasteiger charge is -2.12. The molecule has 0 amide bonds. The summed E-state index contributed by atoms with van der Waals surface area (Å²) in [6.45, 7) is 0.106. The molecule has 18 heavy (non-hydrogen) atoms. The fourth-order valence-electron chi connectivity index (χ4n) is 1.44. The quantitative estimate of drug-likeness (QED) is 0.916. The van der Waals surface area contributed by atoms with E-state index in [4.69, 9.17) is 17.3 Å². The van der Waals surface area contributed by atoms with Crippen LogP contribution in [0.15, 0.2) is 24.4 Å². The van der Waals surface area contributed by atoms with E-state index in [2.05, 4.69) is 10.3 Å². The Morgan fingerprint density at radius 1 is 1.33 bits per heavy atom. The average Bonchev–Trinajstić information content (AvgIpc) is 2.76. The summed E-state index contributed by atoms with van der Waals surface area (Å²) < 4.78 is 39.6. The molecule has 2 aromatic rings. The molecular formula is C10H8ClF3N4. The molecule has 0 radical (unpaired) electrons. The molecule has 0 saturated heterocycles. The molecule has 2 rings (SSSR count). The lowest BCUT2D eigenvalue weighted by atomic mass is 10.1. The van der Waals surface area contributed by atoms with Gasteiger partial charge in [-0.15, -0.1) is 5.10 Å². The minimum atomic E-state index is -4.52. The van der Waals surface area contributed by atoms with Gasteiger partial charge in [0.1, 0.15) is 0 Å². The maximum Gasteiger partial charge on any atom is 0.418 e. The highest BCUT2D eigenvalue weighted by molar-refractivity contribution is 6.30. The highest BCUT2D eigenvalue weighted by Gasteiger charge is 2.34. The molecule has 96 valence electrons. The number of nitrogens with two attached hydrogens (primary N) is 1. The van der Waals surface area contributed by atoms with E-state index in [9.17, 15) is 13.2 Å². The number of nitrogens with zero attached hydrogens (tertiary/aromatic N) is 3. The number of hydrogen-bond donors (Lipinski definition) is 1. The molecule has 0 aliphatic carbocycles. The van der Waals surface area contributed by atoms with E-state index in [-0.39, 0.29) is 17.3 Å². The van der Waals surface area contributed by atoms with Crippen molar-refractivity contribution in [3.05, 3.63) is 40.7 Å². The lowest BCUT2D eigenvalue weighted by Crippen LogP contribution is -2.11. The minimum absolute atomic E-state index is 0.00485. The molecule has 1 heterocycles. The van der Waals surface area contributed by atoms with Crippen molar-refractivity contribution in [3.63, 3.8) is 0 Å². The van der Waals surface area contributed by atoms with E-state index < -0.39 is 11.7 Å². The van der Waals surface area contributed by atoms with Gasteiger partial charge in [-0.1, -0.05) is 16.8 Å². The van der Waals surface area contributed by atoms with E-state index in [0.29, 0.717) is 5.69 Å². The van der Waals surface area contributed by atoms with Crippen molar-refractivity contribution in [2.75, 3.05) is 0 Å². The normalized spacial score (nSPS) is 11.8. The van der Waals surface area contributed by atoms with Gasteiger partial charge in [0, 0.05) is 11.6 Å². The van der Waals surface area contributed by atoms with Gasteiger partial charge in [0.05, 0.1) is 23.1 Å². The van der Waals surface area contributed by atoms with Gasteiger partial charge in [0.25, 0.3) is 0 Å². The van der Waals surface area contributed by atoms with Crippen LogP contribution in [-0.4, -0.2) is 15.0 Å². The van der Waals surface area contributed by atoms with Crippen LogP contribution in [0.1, 0.15) is 11.3 Å². The van der Waals surface area contributed by atoms with Gasteiger partial charge in [-0.25, -0.2) is 4.68 Å². The van der Waals surface area contributed by atoms with E-state index >= 15 is 0 Å². The molecule has 0 aliphatic rings. The van der Waals surface area contributed by atoms with Crippen LogP contribution >= 0.6 is 11.6 Å². The van der Waals surface area contributed by atoms with E-state index in [1.54, 1.807) is 0 Å². The summed E-state index contributed by atoms with van der Waals surface area (Å²) in [5, 5.41) is 7.25. The predicted molar refractivity (Wildman–Crippen MR) is 59.3 cm³/mol. The van der Waals surface area contributed by atoms with Crippen LogP contribution in [0.4, 0.5) is 13.2 Å². The second kappa shape index (κ2) is 4.58. The second-order valence-corrected chi connectivity index (χ2v) is 3.95. The Morgan fingerprint density at radius 2 is 2.06 bits per heavy atom. The smallest absolute Gasteiger partial charge is 0.325 e. The Kier molecular flexibility index (Phi) is 3.27. The van der Waals surface area contributed by atoms with Crippen molar-refractivity contribution in [2.24, 2.45) is 5.73 Å². The third-order valence-corrected chi connectivity index (χ3v) is 2.50. The molecule has 4 nitrogen and oxygen atoms in total. The molecule has 0 aliphatic heterocycles. The summed E-state index contributed by atoms with van der Waals surface area (Å²) in [7, 11) is 0. The van der Waals surface area contributed by atoms with Crippen molar-refractivity contribution >= 4 is 11.6 Å². The summed E-state index contributed by atoms with van der Waals surface area (Å²) >= 11 is 5.58. The molecule has 0 fully saturated rings. The van der Waals surface area contributed by atoms with E-state index in [1.165, 1.54) is 18.3 Å². The predicted octanol–water partition coefficient (Wildman–Crippen LogP) is 2.40. The highest BCUT2D eigenvalue weighted by Crippen LogP contribution is 2.35. The molecular weight excluding hydrogens is 269 g/mol. The maximum atomic E-state index is 12.9. The summed E-state index contributed by atoms with van der Waals surface area (Å²) in [4.78, 5) is 0. The van der Waals surface area contributed by atoms with Gasteiger partial charge < -0.3 is 5.73 Å². The second-order valence-electron chi connectivity index (χ2n) is 3.52. The SMILES string of the molecule is NCc1cn(-c2ccc(Cl)cc2C(F)(F)F)nn1. The van der Waals surface area contributed by atoms with Crippen LogP contribution in [0.25, 0.3) is 5.69 Å². The van der Waals surface area contributed by atoms with Crippen molar-refractivity contribution < 1.29 is 13.2 Å².